The van der Waals surface area contributed by atoms with Crippen LogP contribution >= 0.6 is 0 Å². The van der Waals surface area contributed by atoms with Crippen molar-refractivity contribution in [1.29, 1.82) is 5.26 Å². The number of rotatable bonds is 5. The molecular weight excluding hydrogens is 246 g/mol. The largest absolute Gasteiger partial charge is 0.371 e. The van der Waals surface area contributed by atoms with Crippen molar-refractivity contribution < 1.29 is 0 Å². The van der Waals surface area contributed by atoms with Crippen LogP contribution in [0.25, 0.3) is 0 Å². The number of hydrogen-bond acceptors (Lipinski definition) is 3. The van der Waals surface area contributed by atoms with Crippen molar-refractivity contribution >= 4 is 5.69 Å². The van der Waals surface area contributed by atoms with Crippen LogP contribution in [0.1, 0.15) is 37.3 Å². The lowest BCUT2D eigenvalue weighted by molar-refractivity contribution is 0.439. The summed E-state index contributed by atoms with van der Waals surface area (Å²) < 4.78 is 0. The Morgan fingerprint density at radius 2 is 2.25 bits per heavy atom. The predicted molar refractivity (Wildman–Crippen MR) is 84.0 cm³/mol. The van der Waals surface area contributed by atoms with Crippen LogP contribution in [-0.2, 0) is 6.42 Å². The van der Waals surface area contributed by atoms with Crippen molar-refractivity contribution in [1.82, 2.24) is 5.32 Å². The smallest absolute Gasteiger partial charge is 0.103 e. The lowest BCUT2D eigenvalue weighted by Gasteiger charge is -2.32. The maximum Gasteiger partial charge on any atom is 0.103 e. The van der Waals surface area contributed by atoms with E-state index < -0.39 is 5.54 Å². The number of fused-ring (bicyclic) bond motifs is 1. The second-order valence-electron chi connectivity index (χ2n) is 6.02. The van der Waals surface area contributed by atoms with Gasteiger partial charge in [-0.15, -0.1) is 0 Å². The Bertz CT molecular complexity index is 503. The number of nitrogens with zero attached hydrogens (tertiary/aromatic N) is 2. The molecule has 0 spiro atoms. The summed E-state index contributed by atoms with van der Waals surface area (Å²) in [7, 11) is 1.86. The first-order valence-corrected chi connectivity index (χ1v) is 7.52. The van der Waals surface area contributed by atoms with Gasteiger partial charge in [-0.2, -0.15) is 5.26 Å². The molecule has 20 heavy (non-hydrogen) atoms. The van der Waals surface area contributed by atoms with Crippen molar-refractivity contribution in [3.63, 3.8) is 0 Å². The summed E-state index contributed by atoms with van der Waals surface area (Å²) in [5.41, 5.74) is 3.82. The SMILES string of the molecule is CNC(C)(C#N)CCCN1CCCc2cc(C)ccc21. The number of hydrogen-bond donors (Lipinski definition) is 1. The molecule has 108 valence electrons. The summed E-state index contributed by atoms with van der Waals surface area (Å²) >= 11 is 0. The molecule has 1 aliphatic rings. The average molecular weight is 271 g/mol. The van der Waals surface area contributed by atoms with E-state index in [0.717, 1.165) is 25.9 Å². The fourth-order valence-electron chi connectivity index (χ4n) is 2.90. The quantitative estimate of drug-likeness (QED) is 0.894. The molecule has 1 unspecified atom stereocenters. The van der Waals surface area contributed by atoms with E-state index in [1.807, 2.05) is 14.0 Å². The van der Waals surface area contributed by atoms with Crippen LogP contribution in [0.2, 0.25) is 0 Å². The molecule has 0 radical (unpaired) electrons. The van der Waals surface area contributed by atoms with Crippen LogP contribution in [0.15, 0.2) is 18.2 Å². The Balaban J connectivity index is 1.98. The molecule has 0 bridgehead atoms. The molecule has 1 atom stereocenters. The Morgan fingerprint density at radius 1 is 1.45 bits per heavy atom. The van der Waals surface area contributed by atoms with Crippen LogP contribution in [0.5, 0.6) is 0 Å². The predicted octanol–water partition coefficient (Wildman–Crippen LogP) is 3.03. The molecular formula is C17H25N3. The third-order valence-electron chi connectivity index (χ3n) is 4.35. The maximum absolute atomic E-state index is 9.18. The van der Waals surface area contributed by atoms with Crippen LogP contribution in [0, 0.1) is 18.3 Å². The highest BCUT2D eigenvalue weighted by Crippen LogP contribution is 2.28. The Kier molecular flexibility index (Phi) is 4.67. The van der Waals surface area contributed by atoms with Crippen molar-refractivity contribution in [3.05, 3.63) is 29.3 Å². The zero-order valence-corrected chi connectivity index (χ0v) is 12.9. The van der Waals surface area contributed by atoms with Gasteiger partial charge in [-0.05, 0) is 58.2 Å². The summed E-state index contributed by atoms with van der Waals surface area (Å²) in [6, 6.07) is 9.13. The van der Waals surface area contributed by atoms with E-state index in [4.69, 9.17) is 0 Å². The molecule has 3 heteroatoms. The summed E-state index contributed by atoms with van der Waals surface area (Å²) in [6.45, 7) is 6.30. The molecule has 0 saturated carbocycles. The average Bonchev–Trinajstić information content (AvgIpc) is 2.47. The second kappa shape index (κ2) is 6.28. The molecule has 1 aromatic carbocycles. The van der Waals surface area contributed by atoms with Crippen LogP contribution in [0.3, 0.4) is 0 Å². The Labute approximate surface area is 122 Å². The molecule has 2 rings (SSSR count). The monoisotopic (exact) mass is 271 g/mol. The Hall–Kier alpha value is -1.53. The summed E-state index contributed by atoms with van der Waals surface area (Å²) in [5.74, 6) is 0. The van der Waals surface area contributed by atoms with E-state index in [1.54, 1.807) is 0 Å². The van der Waals surface area contributed by atoms with E-state index in [-0.39, 0.29) is 0 Å². The Morgan fingerprint density at radius 3 is 2.95 bits per heavy atom. The highest BCUT2D eigenvalue weighted by Gasteiger charge is 2.22. The normalized spacial score (nSPS) is 17.2. The minimum Gasteiger partial charge on any atom is -0.371 e. The first-order valence-electron chi connectivity index (χ1n) is 7.52. The van der Waals surface area contributed by atoms with Crippen molar-refractivity contribution in [2.75, 3.05) is 25.0 Å². The lowest BCUT2D eigenvalue weighted by Crippen LogP contribution is -2.39. The molecule has 1 N–H and O–H groups in total. The van der Waals surface area contributed by atoms with Crippen LogP contribution in [0.4, 0.5) is 5.69 Å². The third-order valence-corrected chi connectivity index (χ3v) is 4.35. The van der Waals surface area contributed by atoms with Gasteiger partial charge in [-0.1, -0.05) is 17.7 Å². The topological polar surface area (TPSA) is 39.1 Å². The molecule has 1 aliphatic heterocycles. The lowest BCUT2D eigenvalue weighted by atomic mass is 9.96. The number of nitrogens with one attached hydrogen (secondary N) is 1. The second-order valence-corrected chi connectivity index (χ2v) is 6.02. The van der Waals surface area contributed by atoms with E-state index in [9.17, 15) is 5.26 Å². The van der Waals surface area contributed by atoms with Gasteiger partial charge in [0.2, 0.25) is 0 Å². The maximum atomic E-state index is 9.18. The highest BCUT2D eigenvalue weighted by atomic mass is 15.1. The molecule has 0 aromatic heterocycles. The van der Waals surface area contributed by atoms with Gasteiger partial charge >= 0.3 is 0 Å². The van der Waals surface area contributed by atoms with Gasteiger partial charge in [-0.3, -0.25) is 0 Å². The van der Waals surface area contributed by atoms with E-state index >= 15 is 0 Å². The minimum absolute atomic E-state index is 0.397. The summed E-state index contributed by atoms with van der Waals surface area (Å²) in [6.07, 6.45) is 4.36. The number of aryl methyl sites for hydroxylation is 2. The number of benzene rings is 1. The van der Waals surface area contributed by atoms with Crippen LogP contribution in [-0.4, -0.2) is 25.7 Å². The number of nitriles is 1. The van der Waals surface area contributed by atoms with Crippen LogP contribution < -0.4 is 10.2 Å². The van der Waals surface area contributed by atoms with E-state index in [0.29, 0.717) is 0 Å². The van der Waals surface area contributed by atoms with E-state index in [1.165, 1.54) is 29.7 Å². The molecule has 3 nitrogen and oxygen atoms in total. The fourth-order valence-corrected chi connectivity index (χ4v) is 2.90. The van der Waals surface area contributed by atoms with Crippen molar-refractivity contribution in [2.45, 2.75) is 45.1 Å². The molecule has 0 aliphatic carbocycles. The molecule has 1 aromatic rings. The van der Waals surface area contributed by atoms with Gasteiger partial charge < -0.3 is 10.2 Å². The van der Waals surface area contributed by atoms with E-state index in [2.05, 4.69) is 41.4 Å². The molecule has 0 amide bonds. The number of anilines is 1. The molecule has 1 heterocycles. The first kappa shape index (κ1) is 14.9. The van der Waals surface area contributed by atoms with Gasteiger partial charge in [0.1, 0.15) is 5.54 Å². The summed E-state index contributed by atoms with van der Waals surface area (Å²) in [4.78, 5) is 2.48. The first-order chi connectivity index (χ1) is 9.58. The molecule has 0 fully saturated rings. The minimum atomic E-state index is -0.397. The summed E-state index contributed by atoms with van der Waals surface area (Å²) in [5, 5.41) is 12.3. The zero-order valence-electron chi connectivity index (χ0n) is 12.9. The fraction of sp³-hybridized carbons (Fsp3) is 0.588. The third kappa shape index (κ3) is 3.32. The molecule has 0 saturated heterocycles. The van der Waals surface area contributed by atoms with Gasteiger partial charge in [0, 0.05) is 18.8 Å². The van der Waals surface area contributed by atoms with Gasteiger partial charge in [0.05, 0.1) is 6.07 Å². The standard InChI is InChI=1S/C17H25N3/c1-14-7-8-16-15(12-14)6-4-10-20(16)11-5-9-17(2,13-18)19-3/h7-8,12,19H,4-6,9-11H2,1-3H3. The van der Waals surface area contributed by atoms with Gasteiger partial charge in [-0.25, -0.2) is 0 Å². The highest BCUT2D eigenvalue weighted by molar-refractivity contribution is 5.56. The van der Waals surface area contributed by atoms with Gasteiger partial charge in [0.25, 0.3) is 0 Å². The van der Waals surface area contributed by atoms with Gasteiger partial charge in [0.15, 0.2) is 0 Å². The van der Waals surface area contributed by atoms with Crippen molar-refractivity contribution in [2.24, 2.45) is 0 Å². The van der Waals surface area contributed by atoms with Crippen molar-refractivity contribution in [3.8, 4) is 6.07 Å². The zero-order chi connectivity index (χ0) is 14.6.